The summed E-state index contributed by atoms with van der Waals surface area (Å²) in [6, 6.07) is 0. The van der Waals surface area contributed by atoms with Gasteiger partial charge in [0.15, 0.2) is 5.79 Å². The molecule has 2 fully saturated rings. The molecule has 116 valence electrons. The highest BCUT2D eigenvalue weighted by molar-refractivity contribution is 5.37. The Bertz CT molecular complexity index is 469. The maximum absolute atomic E-state index is 6.02. The van der Waals surface area contributed by atoms with Gasteiger partial charge in [0.25, 0.3) is 0 Å². The fourth-order valence-electron chi connectivity index (χ4n) is 4.55. The van der Waals surface area contributed by atoms with Crippen molar-refractivity contribution in [2.45, 2.75) is 38.9 Å². The Morgan fingerprint density at radius 3 is 2.62 bits per heavy atom. The highest BCUT2D eigenvalue weighted by Crippen LogP contribution is 2.61. The van der Waals surface area contributed by atoms with Crippen LogP contribution in [0.15, 0.2) is 36.6 Å². The second-order valence-electron chi connectivity index (χ2n) is 7.04. The van der Waals surface area contributed by atoms with Crippen LogP contribution < -0.4 is 0 Å². The van der Waals surface area contributed by atoms with Crippen molar-refractivity contribution in [1.82, 2.24) is 0 Å². The second-order valence-corrected chi connectivity index (χ2v) is 7.04. The average molecular weight is 290 g/mol. The average Bonchev–Trinajstić information content (AvgIpc) is 3.07. The minimum absolute atomic E-state index is 0.299. The number of rotatable bonds is 5. The van der Waals surface area contributed by atoms with Gasteiger partial charge in [0.2, 0.25) is 0 Å². The van der Waals surface area contributed by atoms with Crippen molar-refractivity contribution in [1.29, 1.82) is 0 Å². The Balaban J connectivity index is 1.97. The van der Waals surface area contributed by atoms with Crippen LogP contribution in [0.5, 0.6) is 0 Å². The molecule has 0 unspecified atom stereocenters. The molecule has 1 saturated heterocycles. The van der Waals surface area contributed by atoms with Crippen LogP contribution in [0.4, 0.5) is 0 Å². The maximum Gasteiger partial charge on any atom is 0.195 e. The van der Waals surface area contributed by atoms with Crippen molar-refractivity contribution < 1.29 is 14.2 Å². The summed E-state index contributed by atoms with van der Waals surface area (Å²) in [7, 11) is 0. The zero-order valence-corrected chi connectivity index (χ0v) is 13.2. The van der Waals surface area contributed by atoms with Crippen molar-refractivity contribution in [2.24, 2.45) is 17.3 Å². The van der Waals surface area contributed by atoms with Crippen molar-refractivity contribution >= 4 is 0 Å². The first kappa shape index (κ1) is 14.9. The molecule has 3 nitrogen and oxygen atoms in total. The first-order valence-corrected chi connectivity index (χ1v) is 7.88. The van der Waals surface area contributed by atoms with Gasteiger partial charge < -0.3 is 14.2 Å². The van der Waals surface area contributed by atoms with Crippen molar-refractivity contribution in [2.75, 3.05) is 19.8 Å². The fraction of sp³-hybridized carbons (Fsp3) is 0.667. The monoisotopic (exact) mass is 290 g/mol. The molecule has 21 heavy (non-hydrogen) atoms. The van der Waals surface area contributed by atoms with Gasteiger partial charge >= 0.3 is 0 Å². The molecular weight excluding hydrogens is 264 g/mol. The quantitative estimate of drug-likeness (QED) is 0.569. The van der Waals surface area contributed by atoms with Crippen LogP contribution in [0.1, 0.15) is 33.1 Å². The van der Waals surface area contributed by atoms with E-state index >= 15 is 0 Å². The first-order valence-electron chi connectivity index (χ1n) is 7.88. The third kappa shape index (κ3) is 2.27. The number of ether oxygens (including phenoxy) is 3. The standard InChI is InChI=1S/C18H26O3/c1-5-7-15-14-11-18(20-8-9-21-18)16(12-19-6-2)13(14)10-17(15,3)4/h5-6,14-15H,1-2,7-12H2,3-4H3/t14-,15+/m0/s1. The molecule has 2 atom stereocenters. The lowest BCUT2D eigenvalue weighted by Crippen LogP contribution is -2.34. The van der Waals surface area contributed by atoms with Crippen molar-refractivity contribution in [3.05, 3.63) is 36.6 Å². The summed E-state index contributed by atoms with van der Waals surface area (Å²) in [5.74, 6) is 0.606. The Kier molecular flexibility index (Phi) is 3.74. The Labute approximate surface area is 127 Å². The van der Waals surface area contributed by atoms with Crippen LogP contribution in [0.25, 0.3) is 0 Å². The van der Waals surface area contributed by atoms with Gasteiger partial charge in [-0.1, -0.05) is 32.1 Å². The minimum atomic E-state index is -0.529. The number of fused-ring (bicyclic) bond motifs is 1. The molecule has 2 aliphatic carbocycles. The predicted molar refractivity (Wildman–Crippen MR) is 82.6 cm³/mol. The van der Waals surface area contributed by atoms with Gasteiger partial charge in [-0.05, 0) is 30.1 Å². The fourth-order valence-corrected chi connectivity index (χ4v) is 4.55. The molecule has 0 radical (unpaired) electrons. The molecule has 1 aliphatic heterocycles. The summed E-state index contributed by atoms with van der Waals surface area (Å²) < 4.78 is 17.5. The summed E-state index contributed by atoms with van der Waals surface area (Å²) in [6.45, 7) is 14.2. The molecule has 0 aromatic carbocycles. The highest BCUT2D eigenvalue weighted by atomic mass is 16.7. The summed E-state index contributed by atoms with van der Waals surface area (Å²) in [6.07, 6.45) is 6.63. The van der Waals surface area contributed by atoms with E-state index in [2.05, 4.69) is 33.1 Å². The molecule has 3 rings (SSSR count). The molecule has 3 heteroatoms. The van der Waals surface area contributed by atoms with Gasteiger partial charge in [-0.3, -0.25) is 0 Å². The summed E-state index contributed by atoms with van der Waals surface area (Å²) in [5, 5.41) is 0. The van der Waals surface area contributed by atoms with Crippen LogP contribution in [-0.2, 0) is 14.2 Å². The summed E-state index contributed by atoms with van der Waals surface area (Å²) in [5.41, 5.74) is 3.01. The smallest absolute Gasteiger partial charge is 0.195 e. The molecule has 0 aromatic heterocycles. The SMILES string of the molecule is C=CC[C@@H]1[C@H]2CC3(OCCO3)C(COC=C)=C2CC1(C)C. The number of hydrogen-bond donors (Lipinski definition) is 0. The van der Waals surface area contributed by atoms with Gasteiger partial charge in [0.1, 0.15) is 6.61 Å². The molecule has 3 aliphatic rings. The normalized spacial score (nSPS) is 32.5. The second kappa shape index (κ2) is 5.29. The van der Waals surface area contributed by atoms with Crippen LogP contribution >= 0.6 is 0 Å². The van der Waals surface area contributed by atoms with Crippen LogP contribution in [0, 0.1) is 17.3 Å². The zero-order chi connectivity index (χ0) is 15.1. The van der Waals surface area contributed by atoms with Gasteiger partial charge in [-0.25, -0.2) is 0 Å². The van der Waals surface area contributed by atoms with E-state index in [1.807, 2.05) is 0 Å². The van der Waals surface area contributed by atoms with E-state index in [1.54, 1.807) is 0 Å². The summed E-state index contributed by atoms with van der Waals surface area (Å²) in [4.78, 5) is 0. The molecule has 0 aromatic rings. The topological polar surface area (TPSA) is 27.7 Å². The van der Waals surface area contributed by atoms with E-state index in [-0.39, 0.29) is 0 Å². The predicted octanol–water partition coefficient (Wildman–Crippen LogP) is 3.83. The Morgan fingerprint density at radius 2 is 2.00 bits per heavy atom. The van der Waals surface area contributed by atoms with Gasteiger partial charge in [-0.15, -0.1) is 6.58 Å². The van der Waals surface area contributed by atoms with E-state index in [0.29, 0.717) is 37.1 Å². The summed E-state index contributed by atoms with van der Waals surface area (Å²) >= 11 is 0. The molecule has 1 heterocycles. The number of hydrogen-bond acceptors (Lipinski definition) is 3. The lowest BCUT2D eigenvalue weighted by molar-refractivity contribution is -0.136. The molecule has 0 N–H and O–H groups in total. The van der Waals surface area contributed by atoms with E-state index in [9.17, 15) is 0 Å². The van der Waals surface area contributed by atoms with Gasteiger partial charge in [-0.2, -0.15) is 0 Å². The van der Waals surface area contributed by atoms with Crippen molar-refractivity contribution in [3.63, 3.8) is 0 Å². The van der Waals surface area contributed by atoms with E-state index in [1.165, 1.54) is 17.4 Å². The van der Waals surface area contributed by atoms with Crippen LogP contribution in [0.3, 0.4) is 0 Å². The highest BCUT2D eigenvalue weighted by Gasteiger charge is 2.57. The van der Waals surface area contributed by atoms with Crippen molar-refractivity contribution in [3.8, 4) is 0 Å². The van der Waals surface area contributed by atoms with Crippen LogP contribution in [0.2, 0.25) is 0 Å². The first-order chi connectivity index (χ1) is 10.0. The molecular formula is C18H26O3. The van der Waals surface area contributed by atoms with E-state index in [4.69, 9.17) is 14.2 Å². The molecule has 1 spiro atoms. The van der Waals surface area contributed by atoms with Gasteiger partial charge in [0, 0.05) is 12.0 Å². The largest absolute Gasteiger partial charge is 0.497 e. The van der Waals surface area contributed by atoms with E-state index < -0.39 is 5.79 Å². The Morgan fingerprint density at radius 1 is 1.29 bits per heavy atom. The van der Waals surface area contributed by atoms with Gasteiger partial charge in [0.05, 0.1) is 19.5 Å². The zero-order valence-electron chi connectivity index (χ0n) is 13.2. The third-order valence-corrected chi connectivity index (χ3v) is 5.44. The minimum Gasteiger partial charge on any atom is -0.497 e. The van der Waals surface area contributed by atoms with Crippen LogP contribution in [-0.4, -0.2) is 25.6 Å². The number of allylic oxidation sites excluding steroid dienone is 2. The Hall–Kier alpha value is -1.06. The molecule has 0 amide bonds. The van der Waals surface area contributed by atoms with E-state index in [0.717, 1.165) is 19.3 Å². The lowest BCUT2D eigenvalue weighted by atomic mass is 9.75. The third-order valence-electron chi connectivity index (χ3n) is 5.44. The molecule has 0 bridgehead atoms. The molecule has 1 saturated carbocycles. The lowest BCUT2D eigenvalue weighted by Gasteiger charge is -2.33. The maximum atomic E-state index is 6.02.